The molecule has 1 spiro atoms. The van der Waals surface area contributed by atoms with Crippen LogP contribution in [-0.2, 0) is 4.79 Å². The van der Waals surface area contributed by atoms with Crippen molar-refractivity contribution in [2.45, 2.75) is 19.3 Å². The predicted octanol–water partition coefficient (Wildman–Crippen LogP) is 2.94. The minimum Gasteiger partial charge on any atom is -0.459 e. The molecule has 1 aliphatic carbocycles. The Hall–Kier alpha value is -4.53. The van der Waals surface area contributed by atoms with E-state index in [2.05, 4.69) is 5.32 Å². The fourth-order valence-corrected chi connectivity index (χ4v) is 5.92. The van der Waals surface area contributed by atoms with Gasteiger partial charge in [0.1, 0.15) is 0 Å². The number of ketones is 2. The van der Waals surface area contributed by atoms with Gasteiger partial charge in [0.2, 0.25) is 5.91 Å². The zero-order valence-corrected chi connectivity index (χ0v) is 21.3. The molecule has 9 heteroatoms. The van der Waals surface area contributed by atoms with Crippen molar-refractivity contribution in [2.75, 3.05) is 32.7 Å². The summed E-state index contributed by atoms with van der Waals surface area (Å²) in [6.45, 7) is 2.20. The lowest BCUT2D eigenvalue weighted by atomic mass is 9.77. The van der Waals surface area contributed by atoms with E-state index in [1.165, 1.54) is 12.3 Å². The van der Waals surface area contributed by atoms with E-state index in [1.807, 2.05) is 4.90 Å². The summed E-state index contributed by atoms with van der Waals surface area (Å²) in [7, 11) is 0. The Bertz CT molecular complexity index is 1500. The molecule has 3 aromatic rings. The minimum absolute atomic E-state index is 0.0667. The molecule has 6 rings (SSSR count). The first-order valence-electron chi connectivity index (χ1n) is 13.1. The molecule has 3 heterocycles. The summed E-state index contributed by atoms with van der Waals surface area (Å²) in [6.07, 6.45) is 3.78. The SMILES string of the molecule is O=C(NCC(=O)N1CCC2(CC1)CCN(C(=O)c1ccc3c(c1)C(=O)c1ccccc1C3=O)C2)c1ccco1. The number of hydrogen-bond donors (Lipinski definition) is 1. The van der Waals surface area contributed by atoms with Gasteiger partial charge in [-0.15, -0.1) is 0 Å². The summed E-state index contributed by atoms with van der Waals surface area (Å²) in [6, 6.07) is 14.7. The number of likely N-dealkylation sites (tertiary alicyclic amines) is 2. The molecule has 0 bridgehead atoms. The molecule has 3 amide bonds. The average molecular weight is 526 g/mol. The molecule has 0 radical (unpaired) electrons. The summed E-state index contributed by atoms with van der Waals surface area (Å²) in [5.41, 5.74) is 1.67. The number of benzene rings is 2. The van der Waals surface area contributed by atoms with Crippen LogP contribution in [0.25, 0.3) is 0 Å². The molecular formula is C30H27N3O6. The highest BCUT2D eigenvalue weighted by atomic mass is 16.3. The van der Waals surface area contributed by atoms with Gasteiger partial charge >= 0.3 is 0 Å². The second-order valence-electron chi connectivity index (χ2n) is 10.5. The number of fused-ring (bicyclic) bond motifs is 2. The molecule has 3 aliphatic rings. The maximum absolute atomic E-state index is 13.4. The maximum Gasteiger partial charge on any atom is 0.287 e. The Morgan fingerprint density at radius 2 is 1.44 bits per heavy atom. The number of carbonyl (C=O) groups is 5. The Morgan fingerprint density at radius 3 is 2.10 bits per heavy atom. The third-order valence-electron chi connectivity index (χ3n) is 8.22. The number of carbonyl (C=O) groups excluding carboxylic acids is 5. The number of nitrogens with one attached hydrogen (secondary N) is 1. The van der Waals surface area contributed by atoms with Crippen LogP contribution in [0.3, 0.4) is 0 Å². The van der Waals surface area contributed by atoms with Crippen molar-refractivity contribution in [3.8, 4) is 0 Å². The van der Waals surface area contributed by atoms with Gasteiger partial charge in [-0.25, -0.2) is 0 Å². The quantitative estimate of drug-likeness (QED) is 0.438. The van der Waals surface area contributed by atoms with Gasteiger partial charge in [-0.1, -0.05) is 24.3 Å². The number of rotatable bonds is 4. The van der Waals surface area contributed by atoms with Gasteiger partial charge in [0.05, 0.1) is 12.8 Å². The standard InChI is InChI=1S/C30H27N3O6/c34-25(17-31-28(37)24-6-3-15-39-24)32-12-9-30(10-13-32)11-14-33(18-30)29(38)19-7-8-22-23(16-19)27(36)21-5-2-1-4-20(21)26(22)35/h1-8,15-16H,9-14,17-18H2,(H,31,37). The zero-order chi connectivity index (χ0) is 27.1. The molecule has 39 heavy (non-hydrogen) atoms. The van der Waals surface area contributed by atoms with Crippen molar-refractivity contribution in [2.24, 2.45) is 5.41 Å². The molecule has 1 N–H and O–H groups in total. The lowest BCUT2D eigenvalue weighted by Gasteiger charge is -2.39. The Morgan fingerprint density at radius 1 is 0.795 bits per heavy atom. The largest absolute Gasteiger partial charge is 0.459 e. The van der Waals surface area contributed by atoms with Crippen LogP contribution >= 0.6 is 0 Å². The average Bonchev–Trinajstić information content (AvgIpc) is 3.65. The van der Waals surface area contributed by atoms with Crippen LogP contribution in [0.4, 0.5) is 0 Å². The van der Waals surface area contributed by atoms with Crippen molar-refractivity contribution in [3.05, 3.63) is 94.4 Å². The summed E-state index contributed by atoms with van der Waals surface area (Å²) < 4.78 is 5.05. The smallest absolute Gasteiger partial charge is 0.287 e. The monoisotopic (exact) mass is 525 g/mol. The van der Waals surface area contributed by atoms with Crippen LogP contribution in [-0.4, -0.2) is 71.8 Å². The summed E-state index contributed by atoms with van der Waals surface area (Å²) in [5.74, 6) is -1.02. The second kappa shape index (κ2) is 9.65. The van der Waals surface area contributed by atoms with Crippen LogP contribution in [0, 0.1) is 5.41 Å². The van der Waals surface area contributed by atoms with Gasteiger partial charge in [-0.3, -0.25) is 24.0 Å². The lowest BCUT2D eigenvalue weighted by molar-refractivity contribution is -0.132. The Labute approximate surface area is 224 Å². The number of nitrogens with zero attached hydrogens (tertiary/aromatic N) is 2. The highest BCUT2D eigenvalue weighted by Crippen LogP contribution is 2.41. The first-order valence-corrected chi connectivity index (χ1v) is 13.1. The summed E-state index contributed by atoms with van der Waals surface area (Å²) >= 11 is 0. The third kappa shape index (κ3) is 4.43. The molecule has 9 nitrogen and oxygen atoms in total. The van der Waals surface area contributed by atoms with Gasteiger partial charge in [-0.2, -0.15) is 0 Å². The van der Waals surface area contributed by atoms with Crippen molar-refractivity contribution in [3.63, 3.8) is 0 Å². The van der Waals surface area contributed by atoms with E-state index in [-0.39, 0.29) is 46.7 Å². The van der Waals surface area contributed by atoms with Crippen molar-refractivity contribution >= 4 is 29.3 Å². The van der Waals surface area contributed by atoms with E-state index in [9.17, 15) is 24.0 Å². The van der Waals surface area contributed by atoms with Crippen molar-refractivity contribution in [1.29, 1.82) is 0 Å². The molecule has 2 aromatic carbocycles. The third-order valence-corrected chi connectivity index (χ3v) is 8.22. The van der Waals surface area contributed by atoms with E-state index >= 15 is 0 Å². The summed E-state index contributed by atoms with van der Waals surface area (Å²) in [5, 5.41) is 2.59. The molecule has 2 fully saturated rings. The molecular weight excluding hydrogens is 498 g/mol. The molecule has 0 unspecified atom stereocenters. The maximum atomic E-state index is 13.4. The first-order chi connectivity index (χ1) is 18.8. The highest BCUT2D eigenvalue weighted by Gasteiger charge is 2.43. The molecule has 2 aliphatic heterocycles. The van der Waals surface area contributed by atoms with Crippen molar-refractivity contribution in [1.82, 2.24) is 15.1 Å². The summed E-state index contributed by atoms with van der Waals surface area (Å²) in [4.78, 5) is 67.6. The molecule has 198 valence electrons. The van der Waals surface area contributed by atoms with Gasteiger partial charge < -0.3 is 19.5 Å². The normalized spacial score (nSPS) is 17.6. The number of amides is 3. The van der Waals surface area contributed by atoms with Crippen LogP contribution in [0.1, 0.15) is 72.0 Å². The Kier molecular flexibility index (Phi) is 6.13. The zero-order valence-electron chi connectivity index (χ0n) is 21.3. The Balaban J connectivity index is 1.07. The van der Waals surface area contributed by atoms with E-state index in [0.29, 0.717) is 48.4 Å². The van der Waals surface area contributed by atoms with Crippen LogP contribution < -0.4 is 5.32 Å². The van der Waals surface area contributed by atoms with Gasteiger partial charge in [-0.05, 0) is 55.0 Å². The fraction of sp³-hybridized carbons (Fsp3) is 0.300. The van der Waals surface area contributed by atoms with E-state index in [4.69, 9.17) is 4.42 Å². The van der Waals surface area contributed by atoms with E-state index in [0.717, 1.165) is 19.3 Å². The molecule has 1 aromatic heterocycles. The van der Waals surface area contributed by atoms with Gasteiger partial charge in [0.25, 0.3) is 11.8 Å². The predicted molar refractivity (Wildman–Crippen MR) is 140 cm³/mol. The second-order valence-corrected chi connectivity index (χ2v) is 10.5. The molecule has 0 atom stereocenters. The van der Waals surface area contributed by atoms with E-state index < -0.39 is 5.91 Å². The fourth-order valence-electron chi connectivity index (χ4n) is 5.92. The minimum atomic E-state index is -0.427. The van der Waals surface area contributed by atoms with Gasteiger partial charge in [0.15, 0.2) is 17.3 Å². The molecule has 2 saturated heterocycles. The number of hydrogen-bond acceptors (Lipinski definition) is 6. The first kappa shape index (κ1) is 24.8. The topological polar surface area (TPSA) is 117 Å². The number of piperidine rings is 1. The molecule has 0 saturated carbocycles. The van der Waals surface area contributed by atoms with Gasteiger partial charge in [0, 0.05) is 54.0 Å². The van der Waals surface area contributed by atoms with E-state index in [1.54, 1.807) is 53.4 Å². The highest BCUT2D eigenvalue weighted by molar-refractivity contribution is 6.28. The van der Waals surface area contributed by atoms with Crippen molar-refractivity contribution < 1.29 is 28.4 Å². The number of furan rings is 1. The lowest BCUT2D eigenvalue weighted by Crippen LogP contribution is -2.47. The van der Waals surface area contributed by atoms with Crippen LogP contribution in [0.2, 0.25) is 0 Å². The van der Waals surface area contributed by atoms with Crippen LogP contribution in [0.15, 0.2) is 65.3 Å². The van der Waals surface area contributed by atoms with Crippen LogP contribution in [0.5, 0.6) is 0 Å².